The van der Waals surface area contributed by atoms with Gasteiger partial charge in [-0.2, -0.15) is 13.2 Å². The molecule has 1 N–H and O–H groups in total. The molecule has 0 aliphatic heterocycles. The van der Waals surface area contributed by atoms with Crippen molar-refractivity contribution in [2.75, 3.05) is 7.05 Å². The first-order valence-corrected chi connectivity index (χ1v) is 12.3. The topological polar surface area (TPSA) is 68.5 Å². The third kappa shape index (κ3) is 6.32. The smallest absolute Gasteiger partial charge is 0.389 e. The minimum atomic E-state index is -4.47. The molecule has 0 fully saturated rings. The van der Waals surface area contributed by atoms with Crippen molar-refractivity contribution in [3.63, 3.8) is 0 Å². The molecule has 4 aromatic rings. The van der Waals surface area contributed by atoms with Crippen molar-refractivity contribution in [1.29, 1.82) is 0 Å². The van der Waals surface area contributed by atoms with E-state index in [1.54, 1.807) is 20.8 Å². The van der Waals surface area contributed by atoms with Crippen molar-refractivity contribution in [2.45, 2.75) is 45.4 Å². The van der Waals surface area contributed by atoms with E-state index in [4.69, 9.17) is 9.15 Å². The Labute approximate surface area is 226 Å². The van der Waals surface area contributed by atoms with Gasteiger partial charge < -0.3 is 14.5 Å². The Kier molecular flexibility index (Phi) is 7.74. The number of fused-ring (bicyclic) bond motifs is 1. The number of alkyl halides is 3. The summed E-state index contributed by atoms with van der Waals surface area (Å²) >= 11 is 0. The summed E-state index contributed by atoms with van der Waals surface area (Å²) in [6.45, 7) is 4.86. The molecule has 0 saturated heterocycles. The van der Waals surface area contributed by atoms with Crippen molar-refractivity contribution in [3.05, 3.63) is 82.9 Å². The Morgan fingerprint density at radius 1 is 0.925 bits per heavy atom. The van der Waals surface area contributed by atoms with Crippen molar-refractivity contribution in [2.24, 2.45) is 0 Å². The van der Waals surface area contributed by atoms with Gasteiger partial charge in [0.1, 0.15) is 28.6 Å². The van der Waals surface area contributed by atoms with Crippen LogP contribution in [0.4, 0.5) is 22.0 Å². The number of esters is 1. The van der Waals surface area contributed by atoms with Crippen LogP contribution in [0.5, 0.6) is 0 Å². The summed E-state index contributed by atoms with van der Waals surface area (Å²) in [6, 6.07) is 11.7. The lowest BCUT2D eigenvalue weighted by Gasteiger charge is -2.20. The minimum Gasteiger partial charge on any atom is -0.456 e. The molecule has 0 spiro atoms. The van der Waals surface area contributed by atoms with Crippen molar-refractivity contribution in [1.82, 2.24) is 5.32 Å². The number of carbonyl (C=O) groups is 2. The fraction of sp³-hybridized carbons (Fsp3) is 0.267. The summed E-state index contributed by atoms with van der Waals surface area (Å²) in [5, 5.41) is 2.79. The predicted molar refractivity (Wildman–Crippen MR) is 140 cm³/mol. The number of ether oxygens (including phenoxy) is 1. The summed E-state index contributed by atoms with van der Waals surface area (Å²) in [4.78, 5) is 25.6. The van der Waals surface area contributed by atoms with E-state index in [0.717, 1.165) is 6.07 Å². The standard InChI is InChI=1S/C30H26F5NO4/c1-29(2,3)40-28(38)21-13-17(7-10-23(21)32)20-15-22-24(14-18(20)11-12-30(33,34)35)39-26(25(22)27(37)36-4)16-5-8-19(31)9-6-16/h5-10,13-15H,11-12H2,1-4H3,(H,36,37). The lowest BCUT2D eigenvalue weighted by atomic mass is 9.92. The molecule has 3 aromatic carbocycles. The Bertz CT molecular complexity index is 1580. The molecule has 10 heteroatoms. The summed E-state index contributed by atoms with van der Waals surface area (Å²) < 4.78 is 79.1. The largest absolute Gasteiger partial charge is 0.456 e. The summed E-state index contributed by atoms with van der Waals surface area (Å²) in [6.07, 6.45) is -6.07. The monoisotopic (exact) mass is 559 g/mol. The molecule has 210 valence electrons. The van der Waals surface area contributed by atoms with E-state index in [1.807, 2.05) is 0 Å². The van der Waals surface area contributed by atoms with E-state index in [9.17, 15) is 31.5 Å². The average molecular weight is 560 g/mol. The highest BCUT2D eigenvalue weighted by atomic mass is 19.4. The molecule has 1 heterocycles. The molecule has 0 unspecified atom stereocenters. The molecule has 1 aromatic heterocycles. The number of carbonyl (C=O) groups excluding carboxylic acids is 2. The molecule has 0 radical (unpaired) electrons. The first-order valence-electron chi connectivity index (χ1n) is 12.3. The van der Waals surface area contributed by atoms with Crippen molar-refractivity contribution < 1.29 is 40.7 Å². The van der Waals surface area contributed by atoms with Gasteiger partial charge in [0.25, 0.3) is 5.91 Å². The molecule has 0 aliphatic carbocycles. The fourth-order valence-electron chi connectivity index (χ4n) is 4.27. The maximum absolute atomic E-state index is 14.7. The zero-order valence-electron chi connectivity index (χ0n) is 22.1. The van der Waals surface area contributed by atoms with Crippen molar-refractivity contribution >= 4 is 22.8 Å². The van der Waals surface area contributed by atoms with Crippen LogP contribution in [0.25, 0.3) is 33.4 Å². The summed E-state index contributed by atoms with van der Waals surface area (Å²) in [7, 11) is 1.40. The average Bonchev–Trinajstić information content (AvgIpc) is 3.24. The van der Waals surface area contributed by atoms with Crippen LogP contribution in [0, 0.1) is 11.6 Å². The van der Waals surface area contributed by atoms with E-state index in [2.05, 4.69) is 5.32 Å². The van der Waals surface area contributed by atoms with Crippen LogP contribution in [-0.4, -0.2) is 30.7 Å². The fourth-order valence-corrected chi connectivity index (χ4v) is 4.27. The zero-order chi connectivity index (χ0) is 29.4. The van der Waals surface area contributed by atoms with Crippen LogP contribution in [0.3, 0.4) is 0 Å². The number of benzene rings is 3. The quantitative estimate of drug-likeness (QED) is 0.193. The third-order valence-electron chi connectivity index (χ3n) is 6.05. The van der Waals surface area contributed by atoms with Gasteiger partial charge in [0.2, 0.25) is 0 Å². The van der Waals surface area contributed by atoms with E-state index in [1.165, 1.54) is 55.6 Å². The second kappa shape index (κ2) is 10.7. The van der Waals surface area contributed by atoms with Gasteiger partial charge >= 0.3 is 12.1 Å². The molecule has 40 heavy (non-hydrogen) atoms. The van der Waals surface area contributed by atoms with Crippen LogP contribution in [0.15, 0.2) is 59.0 Å². The number of aryl methyl sites for hydroxylation is 1. The number of rotatable bonds is 6. The minimum absolute atomic E-state index is 0.0854. The highest BCUT2D eigenvalue weighted by Crippen LogP contribution is 2.39. The second-order valence-corrected chi connectivity index (χ2v) is 10.2. The molecular weight excluding hydrogens is 533 g/mol. The molecule has 0 aliphatic rings. The van der Waals surface area contributed by atoms with Crippen LogP contribution in [-0.2, 0) is 11.2 Å². The molecular formula is C30H26F5NO4. The number of hydrogen-bond donors (Lipinski definition) is 1. The highest BCUT2D eigenvalue weighted by Gasteiger charge is 2.29. The normalized spacial score (nSPS) is 12.0. The van der Waals surface area contributed by atoms with Crippen LogP contribution < -0.4 is 5.32 Å². The highest BCUT2D eigenvalue weighted by molar-refractivity contribution is 6.12. The molecule has 0 atom stereocenters. The summed E-state index contributed by atoms with van der Waals surface area (Å²) in [5.41, 5.74) is -0.00724. The number of amides is 1. The molecule has 0 bridgehead atoms. The Morgan fingerprint density at radius 2 is 1.57 bits per heavy atom. The van der Waals surface area contributed by atoms with E-state index in [-0.39, 0.29) is 44.5 Å². The third-order valence-corrected chi connectivity index (χ3v) is 6.05. The number of furan rings is 1. The number of nitrogens with one attached hydrogen (secondary N) is 1. The Balaban J connectivity index is 1.96. The lowest BCUT2D eigenvalue weighted by Crippen LogP contribution is -2.24. The Hall–Kier alpha value is -4.21. The van der Waals surface area contributed by atoms with Gasteiger partial charge in [-0.1, -0.05) is 6.07 Å². The zero-order valence-corrected chi connectivity index (χ0v) is 22.1. The van der Waals surface area contributed by atoms with Crippen LogP contribution in [0.2, 0.25) is 0 Å². The molecule has 4 rings (SSSR count). The predicted octanol–water partition coefficient (Wildman–Crippen LogP) is 7.85. The molecule has 0 saturated carbocycles. The van der Waals surface area contributed by atoms with Crippen LogP contribution >= 0.6 is 0 Å². The van der Waals surface area contributed by atoms with Crippen LogP contribution in [0.1, 0.15) is 53.5 Å². The molecule has 1 amide bonds. The van der Waals surface area contributed by atoms with E-state index in [0.29, 0.717) is 5.56 Å². The van der Waals surface area contributed by atoms with E-state index >= 15 is 0 Å². The number of halogens is 5. The van der Waals surface area contributed by atoms with Gasteiger partial charge in [0.05, 0.1) is 11.1 Å². The first-order chi connectivity index (χ1) is 18.7. The van der Waals surface area contributed by atoms with Gasteiger partial charge in [-0.3, -0.25) is 4.79 Å². The van der Waals surface area contributed by atoms with Gasteiger partial charge in [0.15, 0.2) is 0 Å². The maximum Gasteiger partial charge on any atom is 0.389 e. The first kappa shape index (κ1) is 28.8. The number of hydrogen-bond acceptors (Lipinski definition) is 4. The van der Waals surface area contributed by atoms with Gasteiger partial charge in [0, 0.05) is 24.4 Å². The molecule has 5 nitrogen and oxygen atoms in total. The maximum atomic E-state index is 14.7. The van der Waals surface area contributed by atoms with E-state index < -0.39 is 48.1 Å². The summed E-state index contributed by atoms with van der Waals surface area (Å²) in [5.74, 6) is -2.74. The van der Waals surface area contributed by atoms with Gasteiger partial charge in [-0.05, 0) is 92.4 Å². The van der Waals surface area contributed by atoms with Gasteiger partial charge in [-0.15, -0.1) is 0 Å². The van der Waals surface area contributed by atoms with Crippen molar-refractivity contribution in [3.8, 4) is 22.5 Å². The SMILES string of the molecule is CNC(=O)c1c(-c2ccc(F)cc2)oc2cc(CCC(F)(F)F)c(-c3ccc(F)c(C(=O)OC(C)(C)C)c3)cc12. The Morgan fingerprint density at radius 3 is 2.17 bits per heavy atom. The second-order valence-electron chi connectivity index (χ2n) is 10.2. The lowest BCUT2D eigenvalue weighted by molar-refractivity contribution is -0.133. The van der Waals surface area contributed by atoms with Gasteiger partial charge in [-0.25, -0.2) is 13.6 Å².